The van der Waals surface area contributed by atoms with Crippen molar-refractivity contribution in [1.82, 2.24) is 10.3 Å². The lowest BCUT2D eigenvalue weighted by Crippen LogP contribution is -2.41. The van der Waals surface area contributed by atoms with E-state index < -0.39 is 0 Å². The molecule has 20 heavy (non-hydrogen) atoms. The molecular formula is C18H30N2. The third-order valence-corrected chi connectivity index (χ3v) is 4.51. The molecule has 1 heterocycles. The summed E-state index contributed by atoms with van der Waals surface area (Å²) in [6.45, 7) is 12.3. The molecule has 1 aromatic heterocycles. The van der Waals surface area contributed by atoms with Crippen LogP contribution >= 0.6 is 0 Å². The Kier molecular flexibility index (Phi) is 4.85. The van der Waals surface area contributed by atoms with Crippen LogP contribution in [0.3, 0.4) is 0 Å². The van der Waals surface area contributed by atoms with E-state index in [0.717, 1.165) is 24.1 Å². The van der Waals surface area contributed by atoms with Gasteiger partial charge in [-0.1, -0.05) is 19.4 Å². The molecule has 2 heteroatoms. The van der Waals surface area contributed by atoms with Gasteiger partial charge in [-0.2, -0.15) is 0 Å². The standard InChI is InChI=1S/C18H30N2/c1-13-6-8-16(12-20-18(3,4)5)17(10-13)15-9-7-14(2)19-11-15/h7,9,11,13,16-17,20H,6,8,10,12H2,1-5H3. The first kappa shape index (κ1) is 15.5. The van der Waals surface area contributed by atoms with Gasteiger partial charge in [0.25, 0.3) is 0 Å². The minimum atomic E-state index is 0.207. The zero-order valence-corrected chi connectivity index (χ0v) is 13.7. The second-order valence-electron chi connectivity index (χ2n) is 7.65. The van der Waals surface area contributed by atoms with E-state index >= 15 is 0 Å². The molecule has 1 aromatic rings. The Morgan fingerprint density at radius 1 is 1.25 bits per heavy atom. The van der Waals surface area contributed by atoms with Crippen LogP contribution in [-0.2, 0) is 0 Å². The second-order valence-corrected chi connectivity index (χ2v) is 7.65. The fourth-order valence-electron chi connectivity index (χ4n) is 3.23. The minimum Gasteiger partial charge on any atom is -0.312 e. The molecule has 1 fully saturated rings. The van der Waals surface area contributed by atoms with Crippen LogP contribution in [0, 0.1) is 18.8 Å². The third-order valence-electron chi connectivity index (χ3n) is 4.51. The Morgan fingerprint density at radius 3 is 2.60 bits per heavy atom. The van der Waals surface area contributed by atoms with Crippen molar-refractivity contribution in [1.29, 1.82) is 0 Å². The largest absolute Gasteiger partial charge is 0.312 e. The smallest absolute Gasteiger partial charge is 0.0372 e. The summed E-state index contributed by atoms with van der Waals surface area (Å²) in [7, 11) is 0. The van der Waals surface area contributed by atoms with Crippen molar-refractivity contribution in [2.24, 2.45) is 11.8 Å². The van der Waals surface area contributed by atoms with Crippen molar-refractivity contribution >= 4 is 0 Å². The summed E-state index contributed by atoms with van der Waals surface area (Å²) in [4.78, 5) is 4.50. The molecule has 1 saturated carbocycles. The first-order valence-corrected chi connectivity index (χ1v) is 8.03. The maximum Gasteiger partial charge on any atom is 0.0372 e. The average molecular weight is 274 g/mol. The molecule has 3 unspecified atom stereocenters. The van der Waals surface area contributed by atoms with Crippen LogP contribution in [0.5, 0.6) is 0 Å². The first-order valence-electron chi connectivity index (χ1n) is 8.03. The van der Waals surface area contributed by atoms with Gasteiger partial charge < -0.3 is 5.32 Å². The van der Waals surface area contributed by atoms with E-state index in [2.05, 4.69) is 63.2 Å². The van der Waals surface area contributed by atoms with Gasteiger partial charge in [-0.25, -0.2) is 0 Å². The number of nitrogens with zero attached hydrogens (tertiary/aromatic N) is 1. The van der Waals surface area contributed by atoms with Crippen molar-refractivity contribution in [2.45, 2.75) is 65.3 Å². The Hall–Kier alpha value is -0.890. The molecule has 0 bridgehead atoms. The molecule has 1 aliphatic carbocycles. The van der Waals surface area contributed by atoms with Gasteiger partial charge in [-0.3, -0.25) is 4.98 Å². The number of aryl methyl sites for hydroxylation is 1. The number of pyridine rings is 1. The summed E-state index contributed by atoms with van der Waals surface area (Å²) >= 11 is 0. The molecule has 0 aromatic carbocycles. The maximum atomic E-state index is 4.50. The Morgan fingerprint density at radius 2 is 2.00 bits per heavy atom. The van der Waals surface area contributed by atoms with Crippen LogP contribution in [0.25, 0.3) is 0 Å². The third kappa shape index (κ3) is 4.31. The zero-order chi connectivity index (χ0) is 14.8. The van der Waals surface area contributed by atoms with E-state index in [0.29, 0.717) is 5.92 Å². The van der Waals surface area contributed by atoms with Crippen molar-refractivity contribution in [3.05, 3.63) is 29.6 Å². The summed E-state index contributed by atoms with van der Waals surface area (Å²) in [6, 6.07) is 4.44. The second kappa shape index (κ2) is 6.26. The molecule has 1 N–H and O–H groups in total. The van der Waals surface area contributed by atoms with E-state index in [4.69, 9.17) is 0 Å². The Labute approximate surface area is 124 Å². The molecule has 0 saturated heterocycles. The van der Waals surface area contributed by atoms with Crippen LogP contribution in [-0.4, -0.2) is 17.1 Å². The predicted molar refractivity (Wildman–Crippen MR) is 86.0 cm³/mol. The van der Waals surface area contributed by atoms with E-state index in [1.54, 1.807) is 0 Å². The lowest BCUT2D eigenvalue weighted by molar-refractivity contribution is 0.226. The average Bonchev–Trinajstić information content (AvgIpc) is 2.37. The van der Waals surface area contributed by atoms with Crippen LogP contribution in [0.15, 0.2) is 18.3 Å². The zero-order valence-electron chi connectivity index (χ0n) is 13.7. The summed E-state index contributed by atoms with van der Waals surface area (Å²) in [5.41, 5.74) is 2.75. The Bertz CT molecular complexity index is 416. The van der Waals surface area contributed by atoms with Crippen LogP contribution in [0.2, 0.25) is 0 Å². The van der Waals surface area contributed by atoms with Gasteiger partial charge in [0.15, 0.2) is 0 Å². The van der Waals surface area contributed by atoms with Gasteiger partial charge in [-0.15, -0.1) is 0 Å². The predicted octanol–water partition coefficient (Wildman–Crippen LogP) is 4.30. The van der Waals surface area contributed by atoms with Gasteiger partial charge >= 0.3 is 0 Å². The first-order chi connectivity index (χ1) is 9.35. The molecular weight excluding hydrogens is 244 g/mol. The summed E-state index contributed by atoms with van der Waals surface area (Å²) in [6.07, 6.45) is 6.11. The fraction of sp³-hybridized carbons (Fsp3) is 0.722. The topological polar surface area (TPSA) is 24.9 Å². The minimum absolute atomic E-state index is 0.207. The van der Waals surface area contributed by atoms with Gasteiger partial charge in [0.1, 0.15) is 0 Å². The van der Waals surface area contributed by atoms with E-state index in [-0.39, 0.29) is 5.54 Å². The van der Waals surface area contributed by atoms with E-state index in [1.165, 1.54) is 24.8 Å². The van der Waals surface area contributed by atoms with Crippen molar-refractivity contribution in [3.8, 4) is 0 Å². The number of hydrogen-bond acceptors (Lipinski definition) is 2. The van der Waals surface area contributed by atoms with E-state index in [9.17, 15) is 0 Å². The highest BCUT2D eigenvalue weighted by Crippen LogP contribution is 2.40. The fourth-order valence-corrected chi connectivity index (χ4v) is 3.23. The molecule has 0 spiro atoms. The summed E-state index contributed by atoms with van der Waals surface area (Å²) < 4.78 is 0. The number of aromatic nitrogens is 1. The van der Waals surface area contributed by atoms with Gasteiger partial charge in [-0.05, 0) is 76.5 Å². The number of nitrogens with one attached hydrogen (secondary N) is 1. The maximum absolute atomic E-state index is 4.50. The van der Waals surface area contributed by atoms with Crippen molar-refractivity contribution in [2.75, 3.05) is 6.54 Å². The summed E-state index contributed by atoms with van der Waals surface area (Å²) in [5.74, 6) is 2.25. The molecule has 0 radical (unpaired) electrons. The van der Waals surface area contributed by atoms with E-state index in [1.807, 2.05) is 0 Å². The monoisotopic (exact) mass is 274 g/mol. The van der Waals surface area contributed by atoms with Crippen LogP contribution in [0.1, 0.15) is 64.1 Å². The lowest BCUT2D eigenvalue weighted by atomic mass is 9.71. The quantitative estimate of drug-likeness (QED) is 0.889. The number of hydrogen-bond donors (Lipinski definition) is 1. The van der Waals surface area contributed by atoms with Gasteiger partial charge in [0.2, 0.25) is 0 Å². The van der Waals surface area contributed by atoms with Crippen LogP contribution < -0.4 is 5.32 Å². The normalized spacial score (nSPS) is 27.6. The van der Waals surface area contributed by atoms with Crippen molar-refractivity contribution < 1.29 is 0 Å². The molecule has 2 rings (SSSR count). The lowest BCUT2D eigenvalue weighted by Gasteiger charge is -2.37. The van der Waals surface area contributed by atoms with Gasteiger partial charge in [0.05, 0.1) is 0 Å². The molecule has 1 aliphatic rings. The molecule has 112 valence electrons. The Balaban J connectivity index is 2.10. The molecule has 0 amide bonds. The molecule has 0 aliphatic heterocycles. The van der Waals surface area contributed by atoms with Gasteiger partial charge in [0, 0.05) is 17.4 Å². The summed E-state index contributed by atoms with van der Waals surface area (Å²) in [5, 5.41) is 3.70. The number of rotatable bonds is 3. The van der Waals surface area contributed by atoms with Crippen LogP contribution in [0.4, 0.5) is 0 Å². The highest BCUT2D eigenvalue weighted by atomic mass is 14.9. The molecule has 2 nitrogen and oxygen atoms in total. The molecule has 3 atom stereocenters. The van der Waals surface area contributed by atoms with Crippen molar-refractivity contribution in [3.63, 3.8) is 0 Å². The highest BCUT2D eigenvalue weighted by molar-refractivity contribution is 5.19. The highest BCUT2D eigenvalue weighted by Gasteiger charge is 2.30. The SMILES string of the molecule is Cc1ccc(C2CC(C)CCC2CNC(C)(C)C)cn1.